The first-order valence-corrected chi connectivity index (χ1v) is 10.0. The van der Waals surface area contributed by atoms with E-state index in [1.54, 1.807) is 0 Å². The van der Waals surface area contributed by atoms with Gasteiger partial charge in [-0.2, -0.15) is 0 Å². The Morgan fingerprint density at radius 3 is 1.29 bits per heavy atom. The monoisotopic (exact) mass is 431 g/mol. The van der Waals surface area contributed by atoms with Crippen LogP contribution in [0.5, 0.6) is 0 Å². The Morgan fingerprint density at radius 1 is 0.750 bits per heavy atom. The molecule has 0 heterocycles. The lowest BCUT2D eigenvalue weighted by Gasteiger charge is -2.37. The first-order chi connectivity index (χ1) is 13.3. The van der Waals surface area contributed by atoms with Crippen molar-refractivity contribution in [2.24, 2.45) is 11.7 Å². The maximum atomic E-state index is 12.0. The number of rotatable bonds is 6. The summed E-state index contributed by atoms with van der Waals surface area (Å²) in [6.45, 7) is 1.85. The number of hydrogen-bond donors (Lipinski definition) is 1. The molecule has 144 valence electrons. The van der Waals surface area contributed by atoms with Gasteiger partial charge in [-0.25, -0.2) is 0 Å². The SMILES string of the molecule is C[C@@H](CC(c1ccc(Cl)cc1)(c1ccc(Cl)cc1)c1ccc(Cl)cc1)C(N)=O. The quantitative estimate of drug-likeness (QED) is 0.444. The minimum atomic E-state index is -0.617. The molecule has 3 aromatic carbocycles. The van der Waals surface area contributed by atoms with E-state index in [2.05, 4.69) is 0 Å². The molecule has 1 atom stereocenters. The van der Waals surface area contributed by atoms with Gasteiger partial charge in [0.05, 0.1) is 0 Å². The van der Waals surface area contributed by atoms with Gasteiger partial charge in [0.1, 0.15) is 0 Å². The normalized spacial score (nSPS) is 12.6. The lowest BCUT2D eigenvalue weighted by molar-refractivity contribution is -0.121. The van der Waals surface area contributed by atoms with Crippen molar-refractivity contribution in [2.45, 2.75) is 18.8 Å². The van der Waals surface area contributed by atoms with Crippen LogP contribution in [0.1, 0.15) is 30.0 Å². The van der Waals surface area contributed by atoms with Crippen molar-refractivity contribution >= 4 is 40.7 Å². The predicted octanol–water partition coefficient (Wildman–Crippen LogP) is 6.49. The van der Waals surface area contributed by atoms with Gasteiger partial charge in [-0.1, -0.05) is 78.1 Å². The van der Waals surface area contributed by atoms with Crippen molar-refractivity contribution in [3.05, 3.63) is 105 Å². The molecule has 0 saturated heterocycles. The highest BCUT2D eigenvalue weighted by Crippen LogP contribution is 2.45. The molecule has 28 heavy (non-hydrogen) atoms. The molecular formula is C23H20Cl3NO. The molecule has 3 aromatic rings. The van der Waals surface area contributed by atoms with E-state index in [-0.39, 0.29) is 11.8 Å². The molecule has 1 amide bonds. The van der Waals surface area contributed by atoms with Crippen molar-refractivity contribution in [1.82, 2.24) is 0 Å². The maximum absolute atomic E-state index is 12.0. The molecular weight excluding hydrogens is 413 g/mol. The average Bonchev–Trinajstić information content (AvgIpc) is 2.68. The molecule has 0 aliphatic carbocycles. The van der Waals surface area contributed by atoms with Gasteiger partial charge in [0.15, 0.2) is 0 Å². The summed E-state index contributed by atoms with van der Waals surface area (Å²) in [5.74, 6) is -0.705. The largest absolute Gasteiger partial charge is 0.369 e. The fraction of sp³-hybridized carbons (Fsp3) is 0.174. The Morgan fingerprint density at radius 2 is 1.04 bits per heavy atom. The van der Waals surface area contributed by atoms with Gasteiger partial charge in [-0.15, -0.1) is 0 Å². The van der Waals surface area contributed by atoms with Crippen LogP contribution in [0.4, 0.5) is 0 Å². The van der Waals surface area contributed by atoms with E-state index in [0.29, 0.717) is 21.5 Å². The molecule has 5 heteroatoms. The van der Waals surface area contributed by atoms with E-state index in [0.717, 1.165) is 16.7 Å². The highest BCUT2D eigenvalue weighted by molar-refractivity contribution is 6.31. The standard InChI is InChI=1S/C23H20Cl3NO/c1-15(22(27)28)14-23(16-2-8-19(24)9-3-16,17-4-10-20(25)11-5-17)18-6-12-21(26)13-7-18/h2-13,15H,14H2,1H3,(H2,27,28)/t15-/m0/s1. The Balaban J connectivity index is 2.32. The fourth-order valence-corrected chi connectivity index (χ4v) is 3.99. The van der Waals surface area contributed by atoms with E-state index in [1.165, 1.54) is 0 Å². The average molecular weight is 433 g/mol. The van der Waals surface area contributed by atoms with E-state index >= 15 is 0 Å². The topological polar surface area (TPSA) is 43.1 Å². The second-order valence-corrected chi connectivity index (χ2v) is 8.24. The Labute approximate surface area is 180 Å². The molecule has 0 fully saturated rings. The molecule has 0 spiro atoms. The van der Waals surface area contributed by atoms with Gasteiger partial charge in [0.2, 0.25) is 5.91 Å². The molecule has 2 nitrogen and oxygen atoms in total. The van der Waals surface area contributed by atoms with E-state index in [4.69, 9.17) is 40.5 Å². The highest BCUT2D eigenvalue weighted by atomic mass is 35.5. The van der Waals surface area contributed by atoms with Crippen molar-refractivity contribution in [1.29, 1.82) is 0 Å². The lowest BCUT2D eigenvalue weighted by Crippen LogP contribution is -2.35. The minimum absolute atomic E-state index is 0.346. The summed E-state index contributed by atoms with van der Waals surface area (Å²) in [4.78, 5) is 12.0. The Kier molecular flexibility index (Phi) is 6.34. The van der Waals surface area contributed by atoms with Crippen LogP contribution in [0.3, 0.4) is 0 Å². The van der Waals surface area contributed by atoms with Crippen molar-refractivity contribution < 1.29 is 4.79 Å². The summed E-state index contributed by atoms with van der Waals surface area (Å²) < 4.78 is 0. The summed E-state index contributed by atoms with van der Waals surface area (Å²) in [6.07, 6.45) is 0.493. The van der Waals surface area contributed by atoms with Crippen LogP contribution in [-0.4, -0.2) is 5.91 Å². The second kappa shape index (κ2) is 8.57. The van der Waals surface area contributed by atoms with Crippen LogP contribution < -0.4 is 5.73 Å². The molecule has 0 saturated carbocycles. The minimum Gasteiger partial charge on any atom is -0.369 e. The first kappa shape index (κ1) is 20.7. The number of halogens is 3. The van der Waals surface area contributed by atoms with Crippen LogP contribution in [0.25, 0.3) is 0 Å². The van der Waals surface area contributed by atoms with E-state index < -0.39 is 5.41 Å². The number of carbonyl (C=O) groups is 1. The van der Waals surface area contributed by atoms with Crippen molar-refractivity contribution in [3.8, 4) is 0 Å². The predicted molar refractivity (Wildman–Crippen MR) is 117 cm³/mol. The number of hydrogen-bond acceptors (Lipinski definition) is 1. The van der Waals surface area contributed by atoms with Crippen LogP contribution in [0, 0.1) is 5.92 Å². The third-order valence-corrected chi connectivity index (χ3v) is 5.87. The summed E-state index contributed by atoms with van der Waals surface area (Å²) >= 11 is 18.4. The molecule has 0 unspecified atom stereocenters. The lowest BCUT2D eigenvalue weighted by atomic mass is 9.65. The van der Waals surface area contributed by atoms with Gasteiger partial charge in [-0.05, 0) is 59.5 Å². The zero-order valence-electron chi connectivity index (χ0n) is 15.3. The van der Waals surface area contributed by atoms with Crippen LogP contribution in [-0.2, 0) is 10.2 Å². The Bertz CT molecular complexity index is 840. The molecule has 0 aliphatic heterocycles. The van der Waals surface area contributed by atoms with Gasteiger partial charge >= 0.3 is 0 Å². The van der Waals surface area contributed by atoms with Gasteiger partial charge in [-0.3, -0.25) is 4.79 Å². The van der Waals surface area contributed by atoms with Crippen LogP contribution >= 0.6 is 34.8 Å². The number of primary amides is 1. The molecule has 3 rings (SSSR count). The van der Waals surface area contributed by atoms with Crippen LogP contribution in [0.2, 0.25) is 15.1 Å². The molecule has 0 aromatic heterocycles. The summed E-state index contributed by atoms with van der Waals surface area (Å²) in [5.41, 5.74) is 8.06. The highest BCUT2D eigenvalue weighted by Gasteiger charge is 2.38. The number of carbonyl (C=O) groups excluding carboxylic acids is 1. The number of nitrogens with two attached hydrogens (primary N) is 1. The number of benzene rings is 3. The van der Waals surface area contributed by atoms with Crippen molar-refractivity contribution in [3.63, 3.8) is 0 Å². The van der Waals surface area contributed by atoms with Gasteiger partial charge in [0, 0.05) is 26.4 Å². The second-order valence-electron chi connectivity index (χ2n) is 6.93. The summed E-state index contributed by atoms with van der Waals surface area (Å²) in [6, 6.07) is 23.0. The third kappa shape index (κ3) is 4.20. The van der Waals surface area contributed by atoms with E-state index in [1.807, 2.05) is 79.7 Å². The first-order valence-electron chi connectivity index (χ1n) is 8.90. The maximum Gasteiger partial charge on any atom is 0.220 e. The van der Waals surface area contributed by atoms with Gasteiger partial charge in [0.25, 0.3) is 0 Å². The van der Waals surface area contributed by atoms with Gasteiger partial charge < -0.3 is 5.73 Å². The Hall–Kier alpha value is -2.00. The van der Waals surface area contributed by atoms with Crippen molar-refractivity contribution in [2.75, 3.05) is 0 Å². The molecule has 0 aliphatic rings. The molecule has 2 N–H and O–H groups in total. The molecule has 0 bridgehead atoms. The summed E-state index contributed by atoms with van der Waals surface area (Å²) in [5, 5.41) is 1.94. The fourth-order valence-electron chi connectivity index (χ4n) is 3.62. The summed E-state index contributed by atoms with van der Waals surface area (Å²) in [7, 11) is 0. The zero-order valence-corrected chi connectivity index (χ0v) is 17.6. The molecule has 0 radical (unpaired) electrons. The smallest absolute Gasteiger partial charge is 0.220 e. The van der Waals surface area contributed by atoms with Crippen LogP contribution in [0.15, 0.2) is 72.8 Å². The third-order valence-electron chi connectivity index (χ3n) is 5.11. The zero-order chi connectivity index (χ0) is 20.3. The van der Waals surface area contributed by atoms with E-state index in [9.17, 15) is 4.79 Å². The number of amides is 1.